The molecule has 0 unspecified atom stereocenters. The van der Waals surface area contributed by atoms with Gasteiger partial charge in [0.25, 0.3) is 0 Å². The highest BCUT2D eigenvalue weighted by Gasteiger charge is 2.22. The summed E-state index contributed by atoms with van der Waals surface area (Å²) < 4.78 is 12.6. The zero-order valence-electron chi connectivity index (χ0n) is 16.0. The average molecular weight is 512 g/mol. The molecular weight excluding hydrogens is 488 g/mol. The van der Waals surface area contributed by atoms with E-state index in [-0.39, 0.29) is 18.3 Å². The SMILES string of the molecule is CC(C)c1cc(Cc2c(Br)cc(OCC(=O)CC3COC3)cc2Br)ccc1O. The van der Waals surface area contributed by atoms with Gasteiger partial charge in [0.2, 0.25) is 0 Å². The van der Waals surface area contributed by atoms with Crippen molar-refractivity contribution in [1.82, 2.24) is 0 Å². The normalized spacial score (nSPS) is 14.2. The molecule has 1 N–H and O–H groups in total. The summed E-state index contributed by atoms with van der Waals surface area (Å²) in [5.74, 6) is 1.67. The van der Waals surface area contributed by atoms with Gasteiger partial charge in [0, 0.05) is 21.3 Å². The van der Waals surface area contributed by atoms with E-state index in [1.165, 1.54) is 0 Å². The largest absolute Gasteiger partial charge is 0.508 e. The molecule has 150 valence electrons. The smallest absolute Gasteiger partial charge is 0.170 e. The summed E-state index contributed by atoms with van der Waals surface area (Å²) in [6.07, 6.45) is 1.22. The fourth-order valence-corrected chi connectivity index (χ4v) is 4.58. The highest BCUT2D eigenvalue weighted by molar-refractivity contribution is 9.11. The number of hydrogen-bond acceptors (Lipinski definition) is 4. The Balaban J connectivity index is 1.68. The van der Waals surface area contributed by atoms with Crippen molar-refractivity contribution in [2.45, 2.75) is 32.6 Å². The number of ether oxygens (including phenoxy) is 2. The molecule has 0 bridgehead atoms. The molecule has 1 saturated heterocycles. The van der Waals surface area contributed by atoms with Gasteiger partial charge < -0.3 is 14.6 Å². The topological polar surface area (TPSA) is 55.8 Å². The molecule has 1 aliphatic heterocycles. The second-order valence-electron chi connectivity index (χ2n) is 7.53. The minimum atomic E-state index is 0.0738. The van der Waals surface area contributed by atoms with E-state index in [1.807, 2.05) is 24.3 Å². The lowest BCUT2D eigenvalue weighted by atomic mass is 9.96. The third-order valence-electron chi connectivity index (χ3n) is 4.83. The Morgan fingerprint density at radius 2 is 1.89 bits per heavy atom. The second-order valence-corrected chi connectivity index (χ2v) is 9.23. The highest BCUT2D eigenvalue weighted by atomic mass is 79.9. The number of rotatable bonds is 8. The van der Waals surface area contributed by atoms with Gasteiger partial charge in [0.15, 0.2) is 5.78 Å². The standard InChI is InChI=1S/C22H24Br2O4/c1-13(2)18-6-14(3-4-22(18)26)7-19-20(23)8-17(9-21(19)24)28-12-16(25)5-15-10-27-11-15/h3-4,6,8-9,13,15,26H,5,7,10-12H2,1-2H3. The van der Waals surface area contributed by atoms with Crippen LogP contribution in [0.1, 0.15) is 42.9 Å². The fraction of sp³-hybridized carbons (Fsp3) is 0.409. The van der Waals surface area contributed by atoms with E-state index in [0.717, 1.165) is 25.6 Å². The van der Waals surface area contributed by atoms with Crippen LogP contribution in [0.5, 0.6) is 11.5 Å². The van der Waals surface area contributed by atoms with Gasteiger partial charge in [-0.1, -0.05) is 57.8 Å². The summed E-state index contributed by atoms with van der Waals surface area (Å²) in [4.78, 5) is 12.0. The quantitative estimate of drug-likeness (QED) is 0.500. The van der Waals surface area contributed by atoms with Gasteiger partial charge in [-0.3, -0.25) is 4.79 Å². The minimum absolute atomic E-state index is 0.0738. The third-order valence-corrected chi connectivity index (χ3v) is 6.25. The first-order chi connectivity index (χ1) is 13.3. The molecule has 1 fully saturated rings. The van der Waals surface area contributed by atoms with Crippen LogP contribution in [-0.4, -0.2) is 30.7 Å². The average Bonchev–Trinajstić information content (AvgIpc) is 2.60. The Morgan fingerprint density at radius 1 is 1.21 bits per heavy atom. The van der Waals surface area contributed by atoms with Gasteiger partial charge in [0.1, 0.15) is 18.1 Å². The molecule has 2 aromatic rings. The molecule has 0 radical (unpaired) electrons. The second kappa shape index (κ2) is 9.42. The molecule has 2 aromatic carbocycles. The number of benzene rings is 2. The number of aromatic hydroxyl groups is 1. The van der Waals surface area contributed by atoms with Gasteiger partial charge in [-0.25, -0.2) is 0 Å². The number of carbonyl (C=O) groups is 1. The Labute approximate surface area is 182 Å². The first-order valence-corrected chi connectivity index (χ1v) is 10.9. The Morgan fingerprint density at radius 3 is 2.46 bits per heavy atom. The maximum absolute atomic E-state index is 12.0. The lowest BCUT2D eigenvalue weighted by Gasteiger charge is -2.25. The summed E-state index contributed by atoms with van der Waals surface area (Å²) in [5.41, 5.74) is 3.15. The molecule has 1 aliphatic rings. The van der Waals surface area contributed by atoms with Crippen LogP contribution in [-0.2, 0) is 16.0 Å². The van der Waals surface area contributed by atoms with E-state index in [2.05, 4.69) is 45.7 Å². The number of carbonyl (C=O) groups excluding carboxylic acids is 1. The molecule has 0 amide bonds. The van der Waals surface area contributed by atoms with Crippen LogP contribution >= 0.6 is 31.9 Å². The highest BCUT2D eigenvalue weighted by Crippen LogP contribution is 2.34. The van der Waals surface area contributed by atoms with Gasteiger partial charge >= 0.3 is 0 Å². The number of phenolic OH excluding ortho intramolecular Hbond substituents is 1. The predicted octanol–water partition coefficient (Wildman–Crippen LogP) is 5.62. The van der Waals surface area contributed by atoms with Gasteiger partial charge in [-0.2, -0.15) is 0 Å². The third kappa shape index (κ3) is 5.37. The van der Waals surface area contributed by atoms with E-state index >= 15 is 0 Å². The van der Waals surface area contributed by atoms with Crippen LogP contribution in [0.3, 0.4) is 0 Å². The minimum Gasteiger partial charge on any atom is -0.508 e. The van der Waals surface area contributed by atoms with E-state index < -0.39 is 0 Å². The molecule has 3 rings (SSSR count). The van der Waals surface area contributed by atoms with Gasteiger partial charge in [0.05, 0.1) is 13.2 Å². The maximum atomic E-state index is 12.0. The van der Waals surface area contributed by atoms with Crippen LogP contribution in [0.2, 0.25) is 0 Å². The lowest BCUT2D eigenvalue weighted by Crippen LogP contribution is -2.31. The lowest BCUT2D eigenvalue weighted by molar-refractivity contribution is -0.126. The van der Waals surface area contributed by atoms with Crippen molar-refractivity contribution >= 4 is 37.6 Å². The van der Waals surface area contributed by atoms with Crippen molar-refractivity contribution in [3.05, 3.63) is 56.0 Å². The van der Waals surface area contributed by atoms with Crippen molar-refractivity contribution in [3.63, 3.8) is 0 Å². The first-order valence-electron chi connectivity index (χ1n) is 9.35. The summed E-state index contributed by atoms with van der Waals surface area (Å²) in [5, 5.41) is 10.0. The van der Waals surface area contributed by atoms with Gasteiger partial charge in [-0.15, -0.1) is 0 Å². The van der Waals surface area contributed by atoms with Gasteiger partial charge in [-0.05, 0) is 47.2 Å². The molecule has 6 heteroatoms. The molecule has 0 aliphatic carbocycles. The van der Waals surface area contributed by atoms with Crippen LogP contribution in [0.4, 0.5) is 0 Å². The fourth-order valence-electron chi connectivity index (χ4n) is 3.16. The summed E-state index contributed by atoms with van der Waals surface area (Å²) in [7, 11) is 0. The van der Waals surface area contributed by atoms with Crippen molar-refractivity contribution in [2.75, 3.05) is 19.8 Å². The van der Waals surface area contributed by atoms with Crippen LogP contribution < -0.4 is 4.74 Å². The predicted molar refractivity (Wildman–Crippen MR) is 116 cm³/mol. The molecule has 4 nitrogen and oxygen atoms in total. The molecular formula is C22H24Br2O4. The van der Waals surface area contributed by atoms with Crippen molar-refractivity contribution < 1.29 is 19.4 Å². The maximum Gasteiger partial charge on any atom is 0.170 e. The van der Waals surface area contributed by atoms with E-state index in [9.17, 15) is 9.90 Å². The van der Waals surface area contributed by atoms with E-state index in [4.69, 9.17) is 9.47 Å². The van der Waals surface area contributed by atoms with Crippen LogP contribution in [0.15, 0.2) is 39.3 Å². The van der Waals surface area contributed by atoms with Crippen molar-refractivity contribution in [1.29, 1.82) is 0 Å². The molecule has 28 heavy (non-hydrogen) atoms. The Hall–Kier alpha value is -1.37. The van der Waals surface area contributed by atoms with Crippen molar-refractivity contribution in [2.24, 2.45) is 5.92 Å². The summed E-state index contributed by atoms with van der Waals surface area (Å²) in [6, 6.07) is 9.52. The zero-order valence-corrected chi connectivity index (χ0v) is 19.2. The number of Topliss-reactive ketones (excluding diaryl/α,β-unsaturated/α-hetero) is 1. The van der Waals surface area contributed by atoms with Crippen molar-refractivity contribution in [3.8, 4) is 11.5 Å². The molecule has 0 saturated carbocycles. The number of ketones is 1. The molecule has 1 heterocycles. The number of halogens is 2. The molecule has 0 aromatic heterocycles. The van der Waals surface area contributed by atoms with Crippen LogP contribution in [0, 0.1) is 5.92 Å². The number of hydrogen-bond donors (Lipinski definition) is 1. The zero-order chi connectivity index (χ0) is 20.3. The van der Waals surface area contributed by atoms with E-state index in [0.29, 0.717) is 43.5 Å². The Bertz CT molecular complexity index is 837. The van der Waals surface area contributed by atoms with Crippen LogP contribution in [0.25, 0.3) is 0 Å². The van der Waals surface area contributed by atoms with E-state index in [1.54, 1.807) is 6.07 Å². The summed E-state index contributed by atoms with van der Waals surface area (Å²) >= 11 is 7.25. The molecule has 0 spiro atoms. The monoisotopic (exact) mass is 510 g/mol. The number of phenols is 1. The molecule has 0 atom stereocenters. The summed E-state index contributed by atoms with van der Waals surface area (Å²) in [6.45, 7) is 5.55. The first kappa shape index (κ1) is 21.3. The Kier molecular flexibility index (Phi) is 7.18.